The Kier molecular flexibility index (Phi) is 18.2. The maximum absolute atomic E-state index is 14.3. The first-order chi connectivity index (χ1) is 37.1. The molecule has 4 heterocycles. The molecule has 0 unspecified atom stereocenters. The highest BCUT2D eigenvalue weighted by atomic mass is 35.5. The molecule has 4 aliphatic rings. The van der Waals surface area contributed by atoms with Gasteiger partial charge >= 0.3 is 23.9 Å². The van der Waals surface area contributed by atoms with E-state index in [4.69, 9.17) is 60.8 Å². The Morgan fingerprint density at radius 1 is 0.688 bits per heavy atom. The van der Waals surface area contributed by atoms with E-state index in [1.807, 2.05) is 0 Å². The third-order valence-electron chi connectivity index (χ3n) is 13.2. The largest absolute Gasteiger partial charge is 0.435 e. The molecular formula is C47H40Cl4F12N6O9S2. The highest BCUT2D eigenvalue weighted by Gasteiger charge is 2.64. The normalized spacial score (nSPS) is 20.3. The van der Waals surface area contributed by atoms with E-state index in [1.165, 1.54) is 55.1 Å². The summed E-state index contributed by atoms with van der Waals surface area (Å²) >= 11 is 22.9. The quantitative estimate of drug-likeness (QED) is 0.0689. The lowest BCUT2D eigenvalue weighted by atomic mass is 9.86. The van der Waals surface area contributed by atoms with Crippen LogP contribution in [0.5, 0.6) is 0 Å². The van der Waals surface area contributed by atoms with Gasteiger partial charge in [-0.3, -0.25) is 9.59 Å². The Hall–Kier alpha value is -5.14. The van der Waals surface area contributed by atoms with Crippen molar-refractivity contribution < 1.29 is 93.5 Å². The summed E-state index contributed by atoms with van der Waals surface area (Å²) in [6.07, 6.45) is -11.6. The Bertz CT molecular complexity index is 3340. The number of oxime groups is 2. The molecule has 0 radical (unpaired) electrons. The first-order valence-electron chi connectivity index (χ1n) is 23.0. The molecule has 436 valence electrons. The lowest BCUT2D eigenvalue weighted by Crippen LogP contribution is -2.63. The highest BCUT2D eigenvalue weighted by Crippen LogP contribution is 2.52. The second-order valence-corrected chi connectivity index (χ2v) is 23.7. The summed E-state index contributed by atoms with van der Waals surface area (Å²) in [7, 11) is -9.54. The fraction of sp³-hybridized carbons (Fsp3) is 0.404. The third-order valence-corrected chi connectivity index (χ3v) is 17.2. The standard InChI is InChI=1S/C25H23Cl2F6N3O5S.C22H17Cl2F6N3O4S/c1-3-40-12-36(16-10-35(11-16)42(38,39)23(29)30)22(37)17-5-4-14(6-13(17)2)20-9-24(41-34-20,25(31,32)33)15-7-18(26)21(28)19(27)8-15;1-10-4-11(2-3-14(10)19(34)31-13-8-33(9-13)38(35,36)20(26)27)17-7-21(37-32-17,22(28,29)30)12-5-15(23)18(25)16(24)6-12/h4-8,16,23H,3,9-12H2,1-2H3;2-6,13,20H,7-9H2,1H3,(H,31,34)/t24-;21-/m00/s1. The Balaban J connectivity index is 0.000000232. The molecular weight excluding hydrogens is 1230 g/mol. The number of nitrogens with zero attached hydrogens (tertiary/aromatic N) is 5. The van der Waals surface area contributed by atoms with Crippen molar-refractivity contribution >= 4 is 89.7 Å². The van der Waals surface area contributed by atoms with E-state index < -0.39 is 135 Å². The molecule has 1 N–H and O–H groups in total. The Morgan fingerprint density at radius 3 is 1.44 bits per heavy atom. The van der Waals surface area contributed by atoms with E-state index in [0.717, 1.165) is 24.3 Å². The SMILES string of the molecule is CCOCN(C(=O)c1ccc(C2=NO[C@@](c3cc(Cl)c(F)c(Cl)c3)(C(F)(F)F)C2)cc1C)C1CN(S(=O)(=O)C(F)F)C1.Cc1cc(C2=NO[C@@](c3cc(Cl)c(F)c(Cl)c3)(C(F)(F)F)C2)ccc1C(=O)NC1CN(S(=O)(=O)C(F)F)C1. The average Bonchev–Trinajstić information content (AvgIpc) is 4.07. The summed E-state index contributed by atoms with van der Waals surface area (Å²) < 4.78 is 217. The second-order valence-electron chi connectivity index (χ2n) is 18.3. The maximum Gasteiger partial charge on any atom is 0.435 e. The van der Waals surface area contributed by atoms with Crippen LogP contribution in [-0.4, -0.2) is 129 Å². The van der Waals surface area contributed by atoms with Gasteiger partial charge in [0.25, 0.3) is 43.1 Å². The van der Waals surface area contributed by atoms with Gasteiger partial charge in [-0.2, -0.15) is 52.5 Å². The van der Waals surface area contributed by atoms with Crippen molar-refractivity contribution in [3.05, 3.63) is 137 Å². The van der Waals surface area contributed by atoms with Crippen LogP contribution in [0.25, 0.3) is 0 Å². The van der Waals surface area contributed by atoms with E-state index in [-0.39, 0.29) is 73.2 Å². The van der Waals surface area contributed by atoms with E-state index >= 15 is 0 Å². The molecule has 80 heavy (non-hydrogen) atoms. The zero-order valence-corrected chi connectivity index (χ0v) is 45.7. The first-order valence-corrected chi connectivity index (χ1v) is 27.5. The number of alkyl halides is 10. The molecule has 4 aliphatic heterocycles. The minimum atomic E-state index is -5.01. The minimum absolute atomic E-state index is 0.110. The number of aryl methyl sites for hydroxylation is 2. The summed E-state index contributed by atoms with van der Waals surface area (Å²) in [5.74, 6) is -10.6. The predicted octanol–water partition coefficient (Wildman–Crippen LogP) is 10.7. The predicted molar refractivity (Wildman–Crippen MR) is 266 cm³/mol. The number of halogens is 16. The number of sulfonamides is 2. The third kappa shape index (κ3) is 12.0. The van der Waals surface area contributed by atoms with Gasteiger partial charge in [-0.15, -0.1) is 0 Å². The van der Waals surface area contributed by atoms with Crippen molar-refractivity contribution in [2.75, 3.05) is 39.5 Å². The number of hydrogen-bond donors (Lipinski definition) is 1. The summed E-state index contributed by atoms with van der Waals surface area (Å²) in [6, 6.07) is 9.82. The van der Waals surface area contributed by atoms with Crippen molar-refractivity contribution in [3.63, 3.8) is 0 Å². The zero-order chi connectivity index (χ0) is 59.4. The molecule has 4 aromatic rings. The topological polar surface area (TPSA) is 177 Å². The van der Waals surface area contributed by atoms with Crippen LogP contribution in [0.3, 0.4) is 0 Å². The number of carbonyl (C=O) groups excluding carboxylic acids is 2. The van der Waals surface area contributed by atoms with Gasteiger partial charge in [0, 0.05) is 67.9 Å². The lowest BCUT2D eigenvalue weighted by Gasteiger charge is -2.44. The van der Waals surface area contributed by atoms with Crippen LogP contribution in [-0.2, 0) is 45.7 Å². The van der Waals surface area contributed by atoms with Gasteiger partial charge in [0.1, 0.15) is 6.73 Å². The second kappa shape index (κ2) is 23.3. The molecule has 0 spiro atoms. The summed E-state index contributed by atoms with van der Waals surface area (Å²) in [6.45, 7) is 3.31. The van der Waals surface area contributed by atoms with Gasteiger partial charge in [-0.05, 0) is 91.6 Å². The van der Waals surface area contributed by atoms with Crippen molar-refractivity contribution in [3.8, 4) is 0 Å². The fourth-order valence-corrected chi connectivity index (χ4v) is 11.6. The summed E-state index contributed by atoms with van der Waals surface area (Å²) in [4.78, 5) is 37.1. The van der Waals surface area contributed by atoms with Crippen LogP contribution in [0.4, 0.5) is 52.7 Å². The molecule has 0 bridgehead atoms. The summed E-state index contributed by atoms with van der Waals surface area (Å²) in [5, 5.41) is 7.27. The molecule has 2 amide bonds. The fourth-order valence-electron chi connectivity index (χ4n) is 8.60. The summed E-state index contributed by atoms with van der Waals surface area (Å²) in [5.41, 5.74) is -5.99. The van der Waals surface area contributed by atoms with Crippen LogP contribution in [0, 0.1) is 25.5 Å². The van der Waals surface area contributed by atoms with Crippen molar-refractivity contribution in [1.29, 1.82) is 0 Å². The van der Waals surface area contributed by atoms with Gasteiger partial charge < -0.3 is 24.6 Å². The number of rotatable bonds is 15. The number of benzene rings is 4. The molecule has 0 aliphatic carbocycles. The van der Waals surface area contributed by atoms with Crippen LogP contribution in [0.2, 0.25) is 20.1 Å². The zero-order valence-electron chi connectivity index (χ0n) is 41.0. The van der Waals surface area contributed by atoms with Crippen molar-refractivity contribution in [2.45, 2.75) is 80.8 Å². The van der Waals surface area contributed by atoms with Crippen LogP contribution < -0.4 is 5.32 Å². The Labute approximate surface area is 467 Å². The van der Waals surface area contributed by atoms with Gasteiger partial charge in [-0.25, -0.2) is 25.6 Å². The van der Waals surface area contributed by atoms with Crippen LogP contribution >= 0.6 is 46.4 Å². The lowest BCUT2D eigenvalue weighted by molar-refractivity contribution is -0.276. The molecule has 0 aromatic heterocycles. The van der Waals surface area contributed by atoms with Crippen molar-refractivity contribution in [2.24, 2.45) is 10.3 Å². The number of nitrogens with one attached hydrogen (secondary N) is 1. The van der Waals surface area contributed by atoms with Crippen molar-refractivity contribution in [1.82, 2.24) is 18.8 Å². The number of amides is 2. The minimum Gasteiger partial charge on any atom is -0.374 e. The van der Waals surface area contributed by atoms with Crippen LogP contribution in [0.1, 0.15) is 73.9 Å². The molecule has 2 saturated heterocycles. The first kappa shape index (κ1) is 62.5. The molecule has 15 nitrogen and oxygen atoms in total. The van der Waals surface area contributed by atoms with E-state index in [1.54, 1.807) is 6.92 Å². The highest BCUT2D eigenvalue weighted by molar-refractivity contribution is 7.89. The van der Waals surface area contributed by atoms with Gasteiger partial charge in [0.2, 0.25) is 0 Å². The van der Waals surface area contributed by atoms with E-state index in [9.17, 15) is 79.1 Å². The van der Waals surface area contributed by atoms with E-state index in [2.05, 4.69) is 15.6 Å². The number of hydrogen-bond acceptors (Lipinski definition) is 11. The smallest absolute Gasteiger partial charge is 0.374 e. The monoisotopic (exact) mass is 1260 g/mol. The molecule has 2 fully saturated rings. The van der Waals surface area contributed by atoms with E-state index in [0.29, 0.717) is 19.7 Å². The molecule has 8 rings (SSSR count). The number of carbonyl (C=O) groups is 2. The van der Waals surface area contributed by atoms with Gasteiger partial charge in [-0.1, -0.05) is 68.8 Å². The molecule has 0 saturated carbocycles. The molecule has 33 heteroatoms. The van der Waals surface area contributed by atoms with Gasteiger partial charge in [0.05, 0.1) is 43.6 Å². The Morgan fingerprint density at radius 2 is 1.07 bits per heavy atom. The average molecular weight is 1270 g/mol. The number of ether oxygens (including phenoxy) is 1. The van der Waals surface area contributed by atoms with Gasteiger partial charge in [0.15, 0.2) is 11.6 Å². The van der Waals surface area contributed by atoms with Crippen LogP contribution in [0.15, 0.2) is 71.0 Å². The molecule has 2 atom stereocenters. The maximum atomic E-state index is 14.3. The molecule has 4 aromatic carbocycles.